The van der Waals surface area contributed by atoms with Gasteiger partial charge < -0.3 is 4.84 Å². The van der Waals surface area contributed by atoms with Crippen LogP contribution in [0.15, 0.2) is 48.5 Å². The number of amides is 4. The molecular weight excluding hydrogens is 388 g/mol. The predicted molar refractivity (Wildman–Crippen MR) is 101 cm³/mol. The summed E-state index contributed by atoms with van der Waals surface area (Å²) in [6.45, 7) is 0. The fourth-order valence-electron chi connectivity index (χ4n) is 4.47. The zero-order chi connectivity index (χ0) is 21.0. The second kappa shape index (κ2) is 6.35. The molecule has 4 amide bonds. The van der Waals surface area contributed by atoms with Crippen LogP contribution in [0, 0.1) is 0 Å². The van der Waals surface area contributed by atoms with Crippen molar-refractivity contribution in [3.05, 3.63) is 70.8 Å². The van der Waals surface area contributed by atoms with E-state index in [4.69, 9.17) is 4.84 Å². The summed E-state index contributed by atoms with van der Waals surface area (Å²) in [6, 6.07) is 12.5. The molecule has 2 aliphatic heterocycles. The topological polar surface area (TPSA) is 101 Å². The van der Waals surface area contributed by atoms with E-state index in [9.17, 15) is 24.0 Å². The highest BCUT2D eigenvalue weighted by atomic mass is 16.7. The number of imide groups is 2. The van der Waals surface area contributed by atoms with Gasteiger partial charge in [0.2, 0.25) is 0 Å². The van der Waals surface area contributed by atoms with E-state index in [-0.39, 0.29) is 35.1 Å². The van der Waals surface area contributed by atoms with Gasteiger partial charge >= 0.3 is 5.97 Å². The van der Waals surface area contributed by atoms with Gasteiger partial charge in [0.1, 0.15) is 0 Å². The number of fused-ring (bicyclic) bond motifs is 2. The summed E-state index contributed by atoms with van der Waals surface area (Å²) in [5.41, 5.74) is -0.833. The van der Waals surface area contributed by atoms with Crippen LogP contribution in [-0.4, -0.2) is 45.1 Å². The quantitative estimate of drug-likeness (QED) is 0.728. The molecule has 1 saturated carbocycles. The molecule has 0 unspecified atom stereocenters. The monoisotopic (exact) mass is 404 g/mol. The zero-order valence-electron chi connectivity index (χ0n) is 15.8. The first-order valence-electron chi connectivity index (χ1n) is 9.64. The lowest BCUT2D eigenvalue weighted by atomic mass is 9.95. The molecule has 5 rings (SSSR count). The molecule has 3 aliphatic rings. The van der Waals surface area contributed by atoms with Gasteiger partial charge in [-0.2, -0.15) is 0 Å². The molecule has 1 fully saturated rings. The fourth-order valence-corrected chi connectivity index (χ4v) is 4.47. The molecule has 30 heavy (non-hydrogen) atoms. The maximum Gasteiger partial charge on any atom is 0.359 e. The Balaban J connectivity index is 1.48. The van der Waals surface area contributed by atoms with Gasteiger partial charge in [-0.05, 0) is 37.1 Å². The van der Waals surface area contributed by atoms with Crippen LogP contribution < -0.4 is 0 Å². The Morgan fingerprint density at radius 2 is 1.10 bits per heavy atom. The average molecular weight is 404 g/mol. The van der Waals surface area contributed by atoms with Gasteiger partial charge in [0.05, 0.1) is 22.3 Å². The maximum atomic E-state index is 13.3. The van der Waals surface area contributed by atoms with Gasteiger partial charge in [0.15, 0.2) is 5.54 Å². The van der Waals surface area contributed by atoms with Gasteiger partial charge in [-0.1, -0.05) is 42.2 Å². The average Bonchev–Trinajstić information content (AvgIpc) is 3.41. The number of hydroxylamine groups is 2. The molecule has 0 saturated heterocycles. The molecule has 0 N–H and O–H groups in total. The Hall–Kier alpha value is -3.81. The molecule has 0 atom stereocenters. The van der Waals surface area contributed by atoms with Crippen LogP contribution in [0.4, 0.5) is 0 Å². The molecule has 0 spiro atoms. The summed E-state index contributed by atoms with van der Waals surface area (Å²) in [4.78, 5) is 70.6. The van der Waals surface area contributed by atoms with Gasteiger partial charge in [-0.15, -0.1) is 0 Å². The highest BCUT2D eigenvalue weighted by molar-refractivity contribution is 6.24. The van der Waals surface area contributed by atoms with Crippen LogP contribution in [0.3, 0.4) is 0 Å². The number of benzene rings is 2. The summed E-state index contributed by atoms with van der Waals surface area (Å²) in [5, 5.41) is 0.422. The molecule has 8 nitrogen and oxygen atoms in total. The van der Waals surface area contributed by atoms with Crippen molar-refractivity contribution in [3.63, 3.8) is 0 Å². The third-order valence-electron chi connectivity index (χ3n) is 5.96. The van der Waals surface area contributed by atoms with Crippen molar-refractivity contribution in [1.82, 2.24) is 9.96 Å². The van der Waals surface area contributed by atoms with Crippen LogP contribution >= 0.6 is 0 Å². The normalized spacial score (nSPS) is 19.3. The van der Waals surface area contributed by atoms with Crippen molar-refractivity contribution >= 4 is 29.6 Å². The lowest BCUT2D eigenvalue weighted by Crippen LogP contribution is -2.57. The van der Waals surface area contributed by atoms with Gasteiger partial charge in [0.25, 0.3) is 23.6 Å². The molecule has 2 aromatic rings. The Morgan fingerprint density at radius 1 is 0.700 bits per heavy atom. The summed E-state index contributed by atoms with van der Waals surface area (Å²) in [7, 11) is 0. The van der Waals surface area contributed by atoms with Crippen LogP contribution in [-0.2, 0) is 9.63 Å². The number of hydrogen-bond acceptors (Lipinski definition) is 6. The molecule has 2 aromatic carbocycles. The van der Waals surface area contributed by atoms with E-state index in [1.54, 1.807) is 24.3 Å². The van der Waals surface area contributed by atoms with Crippen molar-refractivity contribution in [3.8, 4) is 0 Å². The van der Waals surface area contributed by atoms with Crippen molar-refractivity contribution in [2.45, 2.75) is 31.2 Å². The van der Waals surface area contributed by atoms with Crippen molar-refractivity contribution < 1.29 is 28.8 Å². The Labute approximate surface area is 171 Å². The number of carbonyl (C=O) groups excluding carboxylic acids is 5. The Kier molecular flexibility index (Phi) is 3.86. The first-order valence-corrected chi connectivity index (χ1v) is 9.64. The molecule has 150 valence electrons. The lowest BCUT2D eigenvalue weighted by molar-refractivity contribution is -0.180. The van der Waals surface area contributed by atoms with Gasteiger partial charge in [-0.3, -0.25) is 24.1 Å². The van der Waals surface area contributed by atoms with E-state index in [2.05, 4.69) is 0 Å². The molecule has 8 heteroatoms. The molecule has 0 aromatic heterocycles. The maximum absolute atomic E-state index is 13.3. The summed E-state index contributed by atoms with van der Waals surface area (Å²) >= 11 is 0. The Morgan fingerprint density at radius 3 is 1.53 bits per heavy atom. The number of nitrogens with zero attached hydrogens (tertiary/aromatic N) is 2. The molecular formula is C22H16N2O6. The van der Waals surface area contributed by atoms with Crippen LogP contribution in [0.2, 0.25) is 0 Å². The van der Waals surface area contributed by atoms with Gasteiger partial charge in [-0.25, -0.2) is 4.79 Å². The third kappa shape index (κ3) is 2.30. The third-order valence-corrected chi connectivity index (χ3v) is 5.96. The predicted octanol–water partition coefficient (Wildman–Crippen LogP) is 2.35. The largest absolute Gasteiger partial charge is 0.359 e. The van der Waals surface area contributed by atoms with E-state index in [0.717, 1.165) is 4.90 Å². The van der Waals surface area contributed by atoms with E-state index in [1.807, 2.05) is 0 Å². The first-order chi connectivity index (χ1) is 14.5. The van der Waals surface area contributed by atoms with E-state index in [1.165, 1.54) is 24.3 Å². The standard InChI is InChI=1S/C22H16N2O6/c25-17-13-7-1-2-8-14(13)18(26)23(17)22(11-5-6-12-22)21(29)30-24-19(27)15-9-3-4-10-16(15)20(24)28/h1-4,7-10H,5-6,11-12H2. The highest BCUT2D eigenvalue weighted by Crippen LogP contribution is 2.41. The molecule has 1 aliphatic carbocycles. The van der Waals surface area contributed by atoms with E-state index < -0.39 is 35.1 Å². The van der Waals surface area contributed by atoms with E-state index in [0.29, 0.717) is 17.9 Å². The number of carbonyl (C=O) groups is 5. The molecule has 2 heterocycles. The van der Waals surface area contributed by atoms with Crippen molar-refractivity contribution in [2.24, 2.45) is 0 Å². The highest BCUT2D eigenvalue weighted by Gasteiger charge is 2.57. The lowest BCUT2D eigenvalue weighted by Gasteiger charge is -2.35. The van der Waals surface area contributed by atoms with Gasteiger partial charge in [0, 0.05) is 0 Å². The second-order valence-electron chi connectivity index (χ2n) is 7.56. The SMILES string of the molecule is O=C1c2ccccc2C(=O)N1OC(=O)C1(N2C(=O)c3ccccc3C2=O)CCCC1. The summed E-state index contributed by atoms with van der Waals surface area (Å²) < 4.78 is 0. The smallest absolute Gasteiger partial charge is 0.327 e. The minimum absolute atomic E-state index is 0.136. The first kappa shape index (κ1) is 18.2. The molecule has 0 bridgehead atoms. The zero-order valence-corrected chi connectivity index (χ0v) is 15.8. The van der Waals surface area contributed by atoms with Crippen LogP contribution in [0.1, 0.15) is 67.1 Å². The minimum Gasteiger partial charge on any atom is -0.327 e. The summed E-state index contributed by atoms with van der Waals surface area (Å²) in [6.07, 6.45) is 1.62. The molecule has 0 radical (unpaired) electrons. The van der Waals surface area contributed by atoms with Crippen LogP contribution in [0.25, 0.3) is 0 Å². The van der Waals surface area contributed by atoms with E-state index >= 15 is 0 Å². The Bertz CT molecular complexity index is 1080. The van der Waals surface area contributed by atoms with Crippen molar-refractivity contribution in [1.29, 1.82) is 0 Å². The minimum atomic E-state index is -1.55. The fraction of sp³-hybridized carbons (Fsp3) is 0.227. The van der Waals surface area contributed by atoms with Crippen LogP contribution in [0.5, 0.6) is 0 Å². The number of rotatable bonds is 3. The second-order valence-corrected chi connectivity index (χ2v) is 7.56. The summed E-state index contributed by atoms with van der Waals surface area (Å²) in [5.74, 6) is -3.60. The van der Waals surface area contributed by atoms with Crippen molar-refractivity contribution in [2.75, 3.05) is 0 Å². The number of hydrogen-bond donors (Lipinski definition) is 0.